The quantitative estimate of drug-likeness (QED) is 0.648. The summed E-state index contributed by atoms with van der Waals surface area (Å²) in [5, 5.41) is 0. The molecule has 0 aliphatic carbocycles. The van der Waals surface area contributed by atoms with E-state index in [0.29, 0.717) is 12.0 Å². The standard InChI is InChI=1S/C13H16O/c1-10-8-13(14-9-10)11(2)12-6-4-3-5-7-12/h3-7,11,13H,1,8-9H2,2H3. The molecule has 0 spiro atoms. The second-order valence-corrected chi connectivity index (χ2v) is 4.00. The van der Waals surface area contributed by atoms with Crippen molar-refractivity contribution in [1.29, 1.82) is 0 Å². The van der Waals surface area contributed by atoms with E-state index in [1.807, 2.05) is 6.07 Å². The molecule has 1 aromatic rings. The van der Waals surface area contributed by atoms with E-state index in [1.165, 1.54) is 11.1 Å². The van der Waals surface area contributed by atoms with Crippen molar-refractivity contribution in [2.45, 2.75) is 25.4 Å². The van der Waals surface area contributed by atoms with Crippen LogP contribution < -0.4 is 0 Å². The summed E-state index contributed by atoms with van der Waals surface area (Å²) in [7, 11) is 0. The van der Waals surface area contributed by atoms with Gasteiger partial charge in [0.2, 0.25) is 0 Å². The minimum atomic E-state index is 0.324. The SMILES string of the molecule is C=C1COC(C(C)c2ccccc2)C1. The van der Waals surface area contributed by atoms with E-state index in [1.54, 1.807) is 0 Å². The van der Waals surface area contributed by atoms with Crippen LogP contribution in [-0.2, 0) is 4.74 Å². The van der Waals surface area contributed by atoms with Gasteiger partial charge in [0.15, 0.2) is 0 Å². The Balaban J connectivity index is 2.09. The summed E-state index contributed by atoms with van der Waals surface area (Å²) in [4.78, 5) is 0. The molecule has 1 aromatic carbocycles. The third-order valence-electron chi connectivity index (χ3n) is 2.87. The molecule has 1 saturated heterocycles. The first-order valence-corrected chi connectivity index (χ1v) is 5.10. The smallest absolute Gasteiger partial charge is 0.0683 e. The van der Waals surface area contributed by atoms with Gasteiger partial charge < -0.3 is 4.74 Å². The normalized spacial score (nSPS) is 23.8. The van der Waals surface area contributed by atoms with Crippen molar-refractivity contribution in [1.82, 2.24) is 0 Å². The highest BCUT2D eigenvalue weighted by Gasteiger charge is 2.25. The molecule has 0 amide bonds. The van der Waals surface area contributed by atoms with Gasteiger partial charge in [-0.1, -0.05) is 43.8 Å². The van der Waals surface area contributed by atoms with E-state index in [-0.39, 0.29) is 0 Å². The molecule has 0 radical (unpaired) electrons. The molecule has 0 N–H and O–H groups in total. The lowest BCUT2D eigenvalue weighted by Crippen LogP contribution is -2.14. The Morgan fingerprint density at radius 1 is 1.36 bits per heavy atom. The second kappa shape index (κ2) is 3.97. The van der Waals surface area contributed by atoms with Crippen LogP contribution in [0.4, 0.5) is 0 Å². The maximum Gasteiger partial charge on any atom is 0.0683 e. The van der Waals surface area contributed by atoms with Crippen molar-refractivity contribution in [3.63, 3.8) is 0 Å². The van der Waals surface area contributed by atoms with Crippen LogP contribution in [0, 0.1) is 0 Å². The molecule has 1 fully saturated rings. The summed E-state index contributed by atoms with van der Waals surface area (Å²) >= 11 is 0. The monoisotopic (exact) mass is 188 g/mol. The molecule has 2 rings (SSSR count). The van der Waals surface area contributed by atoms with Gasteiger partial charge in [0.05, 0.1) is 12.7 Å². The minimum Gasteiger partial charge on any atom is -0.373 e. The van der Waals surface area contributed by atoms with E-state index < -0.39 is 0 Å². The van der Waals surface area contributed by atoms with Crippen LogP contribution in [0.3, 0.4) is 0 Å². The second-order valence-electron chi connectivity index (χ2n) is 4.00. The summed E-state index contributed by atoms with van der Waals surface area (Å²) < 4.78 is 5.68. The Morgan fingerprint density at radius 2 is 2.07 bits per heavy atom. The first-order chi connectivity index (χ1) is 6.77. The molecule has 74 valence electrons. The molecule has 0 saturated carbocycles. The van der Waals surface area contributed by atoms with Gasteiger partial charge in [-0.25, -0.2) is 0 Å². The minimum absolute atomic E-state index is 0.324. The first kappa shape index (κ1) is 9.47. The zero-order valence-electron chi connectivity index (χ0n) is 8.57. The van der Waals surface area contributed by atoms with Crippen LogP contribution in [0.15, 0.2) is 42.5 Å². The maximum atomic E-state index is 5.68. The van der Waals surface area contributed by atoms with Gasteiger partial charge >= 0.3 is 0 Å². The first-order valence-electron chi connectivity index (χ1n) is 5.10. The highest BCUT2D eigenvalue weighted by atomic mass is 16.5. The zero-order chi connectivity index (χ0) is 9.97. The van der Waals surface area contributed by atoms with Crippen LogP contribution in [0.1, 0.15) is 24.8 Å². The fourth-order valence-electron chi connectivity index (χ4n) is 1.92. The summed E-state index contributed by atoms with van der Waals surface area (Å²) in [6.07, 6.45) is 1.33. The average Bonchev–Trinajstić information content (AvgIpc) is 2.65. The Labute approximate surface area is 85.4 Å². The highest BCUT2D eigenvalue weighted by molar-refractivity contribution is 5.21. The van der Waals surface area contributed by atoms with E-state index in [9.17, 15) is 0 Å². The number of ether oxygens (including phenoxy) is 1. The molecule has 0 bridgehead atoms. The van der Waals surface area contributed by atoms with Crippen molar-refractivity contribution in [2.75, 3.05) is 6.61 Å². The lowest BCUT2D eigenvalue weighted by Gasteiger charge is -2.18. The van der Waals surface area contributed by atoms with Crippen molar-refractivity contribution in [3.8, 4) is 0 Å². The van der Waals surface area contributed by atoms with Crippen molar-refractivity contribution in [3.05, 3.63) is 48.0 Å². The van der Waals surface area contributed by atoms with Gasteiger partial charge in [-0.15, -0.1) is 0 Å². The van der Waals surface area contributed by atoms with E-state index >= 15 is 0 Å². The van der Waals surface area contributed by atoms with Gasteiger partial charge in [-0.2, -0.15) is 0 Å². The van der Waals surface area contributed by atoms with Crippen molar-refractivity contribution in [2.24, 2.45) is 0 Å². The lowest BCUT2D eigenvalue weighted by atomic mass is 9.93. The van der Waals surface area contributed by atoms with Crippen LogP contribution in [-0.4, -0.2) is 12.7 Å². The Bertz CT molecular complexity index is 315. The van der Waals surface area contributed by atoms with E-state index in [4.69, 9.17) is 4.74 Å². The van der Waals surface area contributed by atoms with Crippen LogP contribution in [0.25, 0.3) is 0 Å². The predicted octanol–water partition coefficient (Wildman–Crippen LogP) is 3.14. The lowest BCUT2D eigenvalue weighted by molar-refractivity contribution is 0.0953. The third-order valence-corrected chi connectivity index (χ3v) is 2.87. The summed E-state index contributed by atoms with van der Waals surface area (Å²) in [5.41, 5.74) is 2.57. The molecule has 0 aromatic heterocycles. The molecule has 1 nitrogen and oxygen atoms in total. The highest BCUT2D eigenvalue weighted by Crippen LogP contribution is 2.29. The summed E-state index contributed by atoms with van der Waals surface area (Å²) in [5.74, 6) is 0.468. The van der Waals surface area contributed by atoms with Crippen molar-refractivity contribution >= 4 is 0 Å². The van der Waals surface area contributed by atoms with Crippen molar-refractivity contribution < 1.29 is 4.74 Å². The van der Waals surface area contributed by atoms with Gasteiger partial charge in [0.25, 0.3) is 0 Å². The Kier molecular flexibility index (Phi) is 2.69. The average molecular weight is 188 g/mol. The van der Waals surface area contributed by atoms with Crippen LogP contribution in [0.5, 0.6) is 0 Å². The molecule has 1 aliphatic heterocycles. The van der Waals surface area contributed by atoms with Crippen LogP contribution in [0.2, 0.25) is 0 Å². The summed E-state index contributed by atoms with van der Waals surface area (Å²) in [6, 6.07) is 10.5. The number of hydrogen-bond donors (Lipinski definition) is 0. The van der Waals surface area contributed by atoms with Gasteiger partial charge in [0.1, 0.15) is 0 Å². The predicted molar refractivity (Wildman–Crippen MR) is 58.4 cm³/mol. The Hall–Kier alpha value is -1.08. The fourth-order valence-corrected chi connectivity index (χ4v) is 1.92. The van der Waals surface area contributed by atoms with Gasteiger partial charge in [-0.3, -0.25) is 0 Å². The number of benzene rings is 1. The van der Waals surface area contributed by atoms with Gasteiger partial charge in [-0.05, 0) is 17.6 Å². The van der Waals surface area contributed by atoms with E-state index in [0.717, 1.165) is 13.0 Å². The molecule has 1 aliphatic rings. The molecular weight excluding hydrogens is 172 g/mol. The maximum absolute atomic E-state index is 5.68. The molecule has 2 atom stereocenters. The number of rotatable bonds is 2. The molecule has 14 heavy (non-hydrogen) atoms. The molecule has 2 unspecified atom stereocenters. The summed E-state index contributed by atoms with van der Waals surface area (Å²) in [6.45, 7) is 6.91. The number of hydrogen-bond acceptors (Lipinski definition) is 1. The van der Waals surface area contributed by atoms with Gasteiger partial charge in [0, 0.05) is 5.92 Å². The molecule has 1 heteroatoms. The third kappa shape index (κ3) is 1.88. The van der Waals surface area contributed by atoms with Crippen LogP contribution >= 0.6 is 0 Å². The molecule has 1 heterocycles. The fraction of sp³-hybridized carbons (Fsp3) is 0.385. The van der Waals surface area contributed by atoms with E-state index in [2.05, 4.69) is 37.8 Å². The largest absolute Gasteiger partial charge is 0.373 e. The molecular formula is C13H16O. The zero-order valence-corrected chi connectivity index (χ0v) is 8.57. The Morgan fingerprint density at radius 3 is 2.64 bits per heavy atom. The topological polar surface area (TPSA) is 9.23 Å².